The number of hydrogen-bond acceptors (Lipinski definition) is 3. The molecule has 5 heteroatoms. The Morgan fingerprint density at radius 1 is 1.58 bits per heavy atom. The summed E-state index contributed by atoms with van der Waals surface area (Å²) in [5.74, 6) is -1.03. The molecule has 3 nitrogen and oxygen atoms in total. The highest BCUT2D eigenvalue weighted by Crippen LogP contribution is 2.46. The summed E-state index contributed by atoms with van der Waals surface area (Å²) in [6.07, 6.45) is 1.71. The van der Waals surface area contributed by atoms with Crippen molar-refractivity contribution >= 4 is 28.9 Å². The van der Waals surface area contributed by atoms with Crippen LogP contribution < -0.4 is 0 Å². The van der Waals surface area contributed by atoms with Crippen molar-refractivity contribution in [2.24, 2.45) is 17.8 Å². The van der Waals surface area contributed by atoms with Crippen LogP contribution in [0.2, 0.25) is 4.34 Å². The normalized spacial score (nSPS) is 28.5. The first-order valence-electron chi connectivity index (χ1n) is 6.60. The van der Waals surface area contributed by atoms with Crippen LogP contribution in [0.4, 0.5) is 0 Å². The van der Waals surface area contributed by atoms with Crippen molar-refractivity contribution < 1.29 is 15.0 Å². The molecule has 19 heavy (non-hydrogen) atoms. The van der Waals surface area contributed by atoms with Gasteiger partial charge in [0, 0.05) is 10.8 Å². The maximum absolute atomic E-state index is 11.3. The van der Waals surface area contributed by atoms with Gasteiger partial charge in [0.2, 0.25) is 0 Å². The molecule has 1 aliphatic carbocycles. The summed E-state index contributed by atoms with van der Waals surface area (Å²) in [5.41, 5.74) is 0.942. The molecular formula is C14H19ClO3S. The van der Waals surface area contributed by atoms with Crippen LogP contribution in [-0.2, 0) is 4.79 Å². The van der Waals surface area contributed by atoms with E-state index in [-0.39, 0.29) is 5.92 Å². The predicted molar refractivity (Wildman–Crippen MR) is 76.7 cm³/mol. The lowest BCUT2D eigenvalue weighted by atomic mass is 9.90. The number of halogens is 1. The van der Waals surface area contributed by atoms with Crippen molar-refractivity contribution in [2.75, 3.05) is 0 Å². The van der Waals surface area contributed by atoms with Crippen LogP contribution in [0.25, 0.3) is 0 Å². The minimum atomic E-state index is -0.792. The average Bonchev–Trinajstić information content (AvgIpc) is 2.93. The van der Waals surface area contributed by atoms with Crippen LogP contribution in [0, 0.1) is 24.7 Å². The number of rotatable bonds is 4. The molecule has 4 atom stereocenters. The van der Waals surface area contributed by atoms with Gasteiger partial charge in [0.05, 0.1) is 16.4 Å². The molecule has 4 unspecified atom stereocenters. The summed E-state index contributed by atoms with van der Waals surface area (Å²) in [4.78, 5) is 12.1. The fourth-order valence-electron chi connectivity index (χ4n) is 2.99. The van der Waals surface area contributed by atoms with E-state index in [2.05, 4.69) is 6.92 Å². The summed E-state index contributed by atoms with van der Waals surface area (Å²) >= 11 is 7.38. The monoisotopic (exact) mass is 302 g/mol. The molecule has 2 N–H and O–H groups in total. The van der Waals surface area contributed by atoms with Crippen LogP contribution in [0.5, 0.6) is 0 Å². The van der Waals surface area contributed by atoms with E-state index in [9.17, 15) is 15.0 Å². The van der Waals surface area contributed by atoms with E-state index in [0.29, 0.717) is 16.7 Å². The van der Waals surface area contributed by atoms with Gasteiger partial charge in [-0.05, 0) is 37.3 Å². The average molecular weight is 303 g/mol. The molecule has 0 aromatic carbocycles. The summed E-state index contributed by atoms with van der Waals surface area (Å²) in [7, 11) is 0. The molecule has 1 aliphatic rings. The molecule has 0 bridgehead atoms. The number of hydrogen-bond donors (Lipinski definition) is 2. The Kier molecular flexibility index (Phi) is 4.54. The second-order valence-corrected chi connectivity index (χ2v) is 7.09. The smallest absolute Gasteiger partial charge is 0.306 e. The van der Waals surface area contributed by atoms with E-state index >= 15 is 0 Å². The number of carboxylic acid groups (broad SMARTS) is 1. The van der Waals surface area contributed by atoms with Crippen molar-refractivity contribution in [3.05, 3.63) is 20.8 Å². The van der Waals surface area contributed by atoms with Crippen LogP contribution in [0.3, 0.4) is 0 Å². The number of aliphatic hydroxyl groups excluding tert-OH is 1. The zero-order valence-electron chi connectivity index (χ0n) is 11.1. The Balaban J connectivity index is 2.21. The van der Waals surface area contributed by atoms with Gasteiger partial charge in [-0.1, -0.05) is 24.9 Å². The van der Waals surface area contributed by atoms with Gasteiger partial charge in [-0.15, -0.1) is 11.3 Å². The maximum atomic E-state index is 11.3. The minimum Gasteiger partial charge on any atom is -0.481 e. The van der Waals surface area contributed by atoms with Gasteiger partial charge in [-0.3, -0.25) is 4.79 Å². The van der Waals surface area contributed by atoms with E-state index in [0.717, 1.165) is 23.3 Å². The highest BCUT2D eigenvalue weighted by Gasteiger charge is 2.42. The van der Waals surface area contributed by atoms with E-state index in [1.807, 2.05) is 13.0 Å². The van der Waals surface area contributed by atoms with Crippen LogP contribution in [0.1, 0.15) is 42.7 Å². The van der Waals surface area contributed by atoms with Gasteiger partial charge < -0.3 is 10.2 Å². The van der Waals surface area contributed by atoms with Crippen LogP contribution >= 0.6 is 22.9 Å². The highest BCUT2D eigenvalue weighted by molar-refractivity contribution is 7.16. The topological polar surface area (TPSA) is 57.5 Å². The molecule has 0 radical (unpaired) electrons. The Hall–Kier alpha value is -0.580. The lowest BCUT2D eigenvalue weighted by Gasteiger charge is -2.21. The van der Waals surface area contributed by atoms with E-state index in [1.54, 1.807) is 0 Å². The van der Waals surface area contributed by atoms with Crippen LogP contribution in [0.15, 0.2) is 6.07 Å². The Labute approximate surface area is 122 Å². The first-order chi connectivity index (χ1) is 8.93. The predicted octanol–water partition coefficient (Wildman–Crippen LogP) is 3.88. The number of carboxylic acids is 1. The van der Waals surface area contributed by atoms with Crippen molar-refractivity contribution in [2.45, 2.75) is 39.2 Å². The van der Waals surface area contributed by atoms with Crippen LogP contribution in [-0.4, -0.2) is 16.2 Å². The van der Waals surface area contributed by atoms with E-state index < -0.39 is 18.0 Å². The van der Waals surface area contributed by atoms with E-state index in [4.69, 9.17) is 11.6 Å². The largest absolute Gasteiger partial charge is 0.481 e. The molecule has 0 saturated heterocycles. The summed E-state index contributed by atoms with van der Waals surface area (Å²) in [5, 5.41) is 19.8. The zero-order chi connectivity index (χ0) is 14.2. The second-order valence-electron chi connectivity index (χ2n) is 5.40. The third-order valence-electron chi connectivity index (χ3n) is 4.18. The number of aryl methyl sites for hydroxylation is 1. The summed E-state index contributed by atoms with van der Waals surface area (Å²) < 4.78 is 0.672. The Morgan fingerprint density at radius 2 is 2.26 bits per heavy atom. The summed E-state index contributed by atoms with van der Waals surface area (Å²) in [6.45, 7) is 3.97. The second kappa shape index (κ2) is 5.81. The van der Waals surface area contributed by atoms with Crippen molar-refractivity contribution in [3.63, 3.8) is 0 Å². The number of carbonyl (C=O) groups is 1. The molecule has 1 saturated carbocycles. The van der Waals surface area contributed by atoms with Gasteiger partial charge in [-0.25, -0.2) is 0 Å². The Morgan fingerprint density at radius 3 is 2.74 bits per heavy atom. The first-order valence-corrected chi connectivity index (χ1v) is 7.80. The fourth-order valence-corrected chi connectivity index (χ4v) is 4.27. The zero-order valence-corrected chi connectivity index (χ0v) is 12.7. The number of aliphatic carboxylic acids is 1. The maximum Gasteiger partial charge on any atom is 0.306 e. The standard InChI is InChI=1S/C14H19ClO3S/c1-3-8-5-9(10(6-8)14(17)18)12(16)11-4-7(2)13(15)19-11/h4,8-10,12,16H,3,5-6H2,1-2H3,(H,17,18). The number of thiophene rings is 1. The van der Waals surface area contributed by atoms with Gasteiger partial charge in [0.15, 0.2) is 0 Å². The van der Waals surface area contributed by atoms with Gasteiger partial charge in [0.1, 0.15) is 0 Å². The summed E-state index contributed by atoms with van der Waals surface area (Å²) in [6, 6.07) is 1.87. The third kappa shape index (κ3) is 2.96. The molecule has 0 amide bonds. The van der Waals surface area contributed by atoms with Crippen molar-refractivity contribution in [1.29, 1.82) is 0 Å². The minimum absolute atomic E-state index is 0.198. The molecule has 2 rings (SSSR count). The lowest BCUT2D eigenvalue weighted by Crippen LogP contribution is -2.23. The fraction of sp³-hybridized carbons (Fsp3) is 0.643. The first kappa shape index (κ1) is 14.8. The molecule has 1 heterocycles. The quantitative estimate of drug-likeness (QED) is 0.887. The number of aliphatic hydroxyl groups is 1. The van der Waals surface area contributed by atoms with Crippen molar-refractivity contribution in [1.82, 2.24) is 0 Å². The molecule has 106 valence electrons. The molecule has 1 aromatic heterocycles. The molecule has 1 fully saturated rings. The van der Waals surface area contributed by atoms with Gasteiger partial charge in [-0.2, -0.15) is 0 Å². The molecule has 0 aliphatic heterocycles. The van der Waals surface area contributed by atoms with Crippen molar-refractivity contribution in [3.8, 4) is 0 Å². The van der Waals surface area contributed by atoms with Gasteiger partial charge >= 0.3 is 5.97 Å². The third-order valence-corrected chi connectivity index (χ3v) is 5.80. The molecule has 0 spiro atoms. The lowest BCUT2D eigenvalue weighted by molar-refractivity contribution is -0.144. The SMILES string of the molecule is CCC1CC(C(=O)O)C(C(O)c2cc(C)c(Cl)s2)C1. The Bertz CT molecular complexity index is 452. The molecular weight excluding hydrogens is 284 g/mol. The van der Waals surface area contributed by atoms with E-state index in [1.165, 1.54) is 11.3 Å². The van der Waals surface area contributed by atoms with Gasteiger partial charge in [0.25, 0.3) is 0 Å². The molecule has 1 aromatic rings. The highest BCUT2D eigenvalue weighted by atomic mass is 35.5.